The van der Waals surface area contributed by atoms with E-state index in [9.17, 15) is 0 Å². The molecule has 1 saturated carbocycles. The maximum absolute atomic E-state index is 3.65. The highest BCUT2D eigenvalue weighted by Crippen LogP contribution is 2.47. The van der Waals surface area contributed by atoms with E-state index in [1.165, 1.54) is 50.8 Å². The Morgan fingerprint density at radius 2 is 1.87 bits per heavy atom. The lowest BCUT2D eigenvalue weighted by Gasteiger charge is -2.25. The van der Waals surface area contributed by atoms with Gasteiger partial charge in [0.05, 0.1) is 0 Å². The standard InChI is InChI=1S/C12H25BrN2/c1-4-15(9-5-8-14(2)3)11-12(10-13)6-7-12/h4-11H2,1-3H3. The van der Waals surface area contributed by atoms with Crippen molar-refractivity contribution < 1.29 is 0 Å². The fraction of sp³-hybridized carbons (Fsp3) is 1.00. The Labute approximate surface area is 103 Å². The van der Waals surface area contributed by atoms with Gasteiger partial charge in [-0.2, -0.15) is 0 Å². The average Bonchev–Trinajstić information content (AvgIpc) is 2.96. The molecule has 0 aromatic heterocycles. The Bertz CT molecular complexity index is 178. The molecule has 1 aliphatic carbocycles. The quantitative estimate of drug-likeness (QED) is 0.629. The molecular weight excluding hydrogens is 252 g/mol. The smallest absolute Gasteiger partial charge is 0.0100 e. The van der Waals surface area contributed by atoms with Gasteiger partial charge in [-0.25, -0.2) is 0 Å². The van der Waals surface area contributed by atoms with E-state index in [-0.39, 0.29) is 0 Å². The number of alkyl halides is 1. The van der Waals surface area contributed by atoms with E-state index in [1.807, 2.05) is 0 Å². The molecule has 0 saturated heterocycles. The molecule has 0 radical (unpaired) electrons. The first-order valence-corrected chi connectivity index (χ1v) is 7.17. The Morgan fingerprint density at radius 1 is 1.20 bits per heavy atom. The molecule has 1 fully saturated rings. The summed E-state index contributed by atoms with van der Waals surface area (Å²) < 4.78 is 0. The van der Waals surface area contributed by atoms with Crippen molar-refractivity contribution in [2.75, 3.05) is 45.6 Å². The summed E-state index contributed by atoms with van der Waals surface area (Å²) in [5.74, 6) is 0. The van der Waals surface area contributed by atoms with Crippen LogP contribution in [0.4, 0.5) is 0 Å². The van der Waals surface area contributed by atoms with E-state index >= 15 is 0 Å². The zero-order valence-corrected chi connectivity index (χ0v) is 12.0. The molecule has 0 spiro atoms. The molecule has 0 aromatic rings. The zero-order chi connectivity index (χ0) is 11.3. The van der Waals surface area contributed by atoms with Crippen LogP contribution in [-0.4, -0.2) is 55.4 Å². The fourth-order valence-electron chi connectivity index (χ4n) is 1.94. The van der Waals surface area contributed by atoms with Crippen LogP contribution < -0.4 is 0 Å². The first kappa shape index (κ1) is 13.5. The Morgan fingerprint density at radius 3 is 2.27 bits per heavy atom. The molecular formula is C12H25BrN2. The van der Waals surface area contributed by atoms with Crippen molar-refractivity contribution in [1.29, 1.82) is 0 Å². The van der Waals surface area contributed by atoms with Crippen LogP contribution in [0.25, 0.3) is 0 Å². The van der Waals surface area contributed by atoms with Gasteiger partial charge in [0.25, 0.3) is 0 Å². The Balaban J connectivity index is 2.18. The summed E-state index contributed by atoms with van der Waals surface area (Å²) in [5, 5.41) is 1.18. The van der Waals surface area contributed by atoms with E-state index in [0.717, 1.165) is 0 Å². The second-order valence-corrected chi connectivity index (χ2v) is 5.72. The number of rotatable bonds is 8. The topological polar surface area (TPSA) is 6.48 Å². The minimum Gasteiger partial charge on any atom is -0.309 e. The lowest BCUT2D eigenvalue weighted by Crippen LogP contribution is -2.33. The molecule has 1 rings (SSSR count). The van der Waals surface area contributed by atoms with Gasteiger partial charge in [0.15, 0.2) is 0 Å². The SMILES string of the molecule is CCN(CCCN(C)C)CC1(CBr)CC1. The van der Waals surface area contributed by atoms with Gasteiger partial charge in [-0.1, -0.05) is 22.9 Å². The van der Waals surface area contributed by atoms with Crippen molar-refractivity contribution >= 4 is 15.9 Å². The largest absolute Gasteiger partial charge is 0.309 e. The average molecular weight is 277 g/mol. The summed E-state index contributed by atoms with van der Waals surface area (Å²) in [4.78, 5) is 4.88. The van der Waals surface area contributed by atoms with E-state index in [2.05, 4.69) is 46.7 Å². The van der Waals surface area contributed by atoms with E-state index in [1.54, 1.807) is 0 Å². The summed E-state index contributed by atoms with van der Waals surface area (Å²) in [6, 6.07) is 0. The molecule has 0 bridgehead atoms. The van der Waals surface area contributed by atoms with Gasteiger partial charge in [0.1, 0.15) is 0 Å². The van der Waals surface area contributed by atoms with E-state index < -0.39 is 0 Å². The molecule has 0 atom stereocenters. The maximum atomic E-state index is 3.65. The third kappa shape index (κ3) is 4.83. The number of halogens is 1. The van der Waals surface area contributed by atoms with Gasteiger partial charge >= 0.3 is 0 Å². The van der Waals surface area contributed by atoms with Gasteiger partial charge in [0.2, 0.25) is 0 Å². The van der Waals surface area contributed by atoms with E-state index in [4.69, 9.17) is 0 Å². The molecule has 0 aromatic carbocycles. The molecule has 0 unspecified atom stereocenters. The molecule has 1 aliphatic rings. The van der Waals surface area contributed by atoms with Gasteiger partial charge in [-0.15, -0.1) is 0 Å². The monoisotopic (exact) mass is 276 g/mol. The predicted molar refractivity (Wildman–Crippen MR) is 70.7 cm³/mol. The van der Waals surface area contributed by atoms with Gasteiger partial charge in [-0.3, -0.25) is 0 Å². The van der Waals surface area contributed by atoms with Crippen LogP contribution in [0.1, 0.15) is 26.2 Å². The molecule has 3 heteroatoms. The van der Waals surface area contributed by atoms with Crippen molar-refractivity contribution in [2.45, 2.75) is 26.2 Å². The summed E-state index contributed by atoms with van der Waals surface area (Å²) in [6.07, 6.45) is 4.13. The highest BCUT2D eigenvalue weighted by Gasteiger charge is 2.42. The van der Waals surface area contributed by atoms with Crippen LogP contribution >= 0.6 is 15.9 Å². The Hall–Kier alpha value is 0.400. The first-order chi connectivity index (χ1) is 7.12. The van der Waals surface area contributed by atoms with Crippen molar-refractivity contribution in [2.24, 2.45) is 5.41 Å². The third-order valence-corrected chi connectivity index (χ3v) is 4.52. The molecule has 0 heterocycles. The summed E-state index contributed by atoms with van der Waals surface area (Å²) in [5.41, 5.74) is 0.633. The summed E-state index contributed by atoms with van der Waals surface area (Å²) in [7, 11) is 4.30. The summed E-state index contributed by atoms with van der Waals surface area (Å²) >= 11 is 3.65. The van der Waals surface area contributed by atoms with Crippen LogP contribution in [0.5, 0.6) is 0 Å². The molecule has 0 amide bonds. The van der Waals surface area contributed by atoms with Crippen molar-refractivity contribution in [1.82, 2.24) is 9.80 Å². The number of hydrogen-bond donors (Lipinski definition) is 0. The lowest BCUT2D eigenvalue weighted by atomic mass is 10.1. The minimum atomic E-state index is 0.633. The number of hydrogen-bond acceptors (Lipinski definition) is 2. The zero-order valence-electron chi connectivity index (χ0n) is 10.4. The normalized spacial score (nSPS) is 18.8. The van der Waals surface area contributed by atoms with Crippen LogP contribution in [0.15, 0.2) is 0 Å². The summed E-state index contributed by atoms with van der Waals surface area (Å²) in [6.45, 7) is 7.23. The van der Waals surface area contributed by atoms with Crippen LogP contribution in [0.3, 0.4) is 0 Å². The highest BCUT2D eigenvalue weighted by molar-refractivity contribution is 9.09. The van der Waals surface area contributed by atoms with Crippen LogP contribution in [0, 0.1) is 5.41 Å². The van der Waals surface area contributed by atoms with Crippen LogP contribution in [0.2, 0.25) is 0 Å². The van der Waals surface area contributed by atoms with Crippen molar-refractivity contribution in [3.8, 4) is 0 Å². The van der Waals surface area contributed by atoms with Crippen LogP contribution in [-0.2, 0) is 0 Å². The molecule has 0 aliphatic heterocycles. The fourth-order valence-corrected chi connectivity index (χ4v) is 2.68. The predicted octanol–water partition coefficient (Wildman–Crippen LogP) is 2.44. The number of nitrogens with zero attached hydrogens (tertiary/aromatic N) is 2. The molecule has 0 N–H and O–H groups in total. The second kappa shape index (κ2) is 6.21. The lowest BCUT2D eigenvalue weighted by molar-refractivity contribution is 0.228. The molecule has 15 heavy (non-hydrogen) atoms. The maximum Gasteiger partial charge on any atom is 0.0100 e. The third-order valence-electron chi connectivity index (χ3n) is 3.33. The minimum absolute atomic E-state index is 0.633. The molecule has 2 nitrogen and oxygen atoms in total. The van der Waals surface area contributed by atoms with Gasteiger partial charge in [0, 0.05) is 11.9 Å². The van der Waals surface area contributed by atoms with Gasteiger partial charge < -0.3 is 9.80 Å². The molecule has 90 valence electrons. The van der Waals surface area contributed by atoms with Gasteiger partial charge in [-0.05, 0) is 58.4 Å². The Kier molecular flexibility index (Phi) is 5.58. The van der Waals surface area contributed by atoms with Crippen molar-refractivity contribution in [3.05, 3.63) is 0 Å². The second-order valence-electron chi connectivity index (χ2n) is 5.16. The first-order valence-electron chi connectivity index (χ1n) is 6.05. The van der Waals surface area contributed by atoms with Crippen molar-refractivity contribution in [3.63, 3.8) is 0 Å². The highest BCUT2D eigenvalue weighted by atomic mass is 79.9. The van der Waals surface area contributed by atoms with E-state index in [0.29, 0.717) is 5.41 Å².